The zero-order valence-electron chi connectivity index (χ0n) is 20.7. The number of aromatic nitrogens is 1. The number of carbonyl (C=O) groups excluding carboxylic acids is 1. The highest BCUT2D eigenvalue weighted by molar-refractivity contribution is 6.09. The monoisotopic (exact) mass is 508 g/mol. The first kappa shape index (κ1) is 25.1. The van der Waals surface area contributed by atoms with Gasteiger partial charge in [0, 0.05) is 61.6 Å². The number of hydrogen-bond acceptors (Lipinski definition) is 3. The maximum atomic E-state index is 13.2. The van der Waals surface area contributed by atoms with Crippen LogP contribution in [0.1, 0.15) is 42.5 Å². The van der Waals surface area contributed by atoms with Gasteiger partial charge in [-0.15, -0.1) is 0 Å². The third-order valence-electron chi connectivity index (χ3n) is 7.22. The summed E-state index contributed by atoms with van der Waals surface area (Å²) < 4.78 is 38.9. The first-order valence-corrected chi connectivity index (χ1v) is 12.8. The first-order chi connectivity index (χ1) is 17.9. The molecule has 0 spiro atoms. The minimum absolute atomic E-state index is 0.180. The second-order valence-corrected chi connectivity index (χ2v) is 9.70. The second kappa shape index (κ2) is 10.8. The number of nitrogens with one attached hydrogen (secondary N) is 2. The Hall–Kier alpha value is -3.52. The zero-order chi connectivity index (χ0) is 25.8. The van der Waals surface area contributed by atoms with Crippen molar-refractivity contribution in [2.24, 2.45) is 0 Å². The van der Waals surface area contributed by atoms with Gasteiger partial charge in [0.05, 0.1) is 5.56 Å². The van der Waals surface area contributed by atoms with Gasteiger partial charge in [0.25, 0.3) is 5.91 Å². The lowest BCUT2D eigenvalue weighted by Gasteiger charge is -2.36. The van der Waals surface area contributed by atoms with Crippen molar-refractivity contribution in [3.8, 4) is 0 Å². The van der Waals surface area contributed by atoms with Crippen LogP contribution in [0.5, 0.6) is 0 Å². The lowest BCUT2D eigenvalue weighted by Crippen LogP contribution is -2.46. The number of alkyl halides is 3. The van der Waals surface area contributed by atoms with Crippen molar-refractivity contribution >= 4 is 22.9 Å². The van der Waals surface area contributed by atoms with Crippen molar-refractivity contribution in [1.82, 2.24) is 9.88 Å². The number of amides is 1. The Morgan fingerprint density at radius 1 is 0.892 bits per heavy atom. The molecule has 0 atom stereocenters. The van der Waals surface area contributed by atoms with Gasteiger partial charge in [0.1, 0.15) is 0 Å². The average Bonchev–Trinajstić information content (AvgIpc) is 3.42. The van der Waals surface area contributed by atoms with Gasteiger partial charge < -0.3 is 15.2 Å². The molecule has 1 amide bonds. The van der Waals surface area contributed by atoms with E-state index in [1.54, 1.807) is 0 Å². The molecule has 1 aliphatic carbocycles. The SMILES string of the molecule is O=C(Nc1ccc(N2CCN(Cc3ccc[nH]3)CC2)cc1)C1=C(c2ccc(C(F)(F)F)cc2)CCCC1. The van der Waals surface area contributed by atoms with Gasteiger partial charge in [-0.05, 0) is 85.4 Å². The summed E-state index contributed by atoms with van der Waals surface area (Å²) in [6, 6.07) is 17.1. The van der Waals surface area contributed by atoms with Gasteiger partial charge >= 0.3 is 6.18 Å². The molecule has 2 aliphatic rings. The third-order valence-corrected chi connectivity index (χ3v) is 7.22. The Morgan fingerprint density at radius 3 is 2.24 bits per heavy atom. The molecule has 2 aromatic carbocycles. The van der Waals surface area contributed by atoms with E-state index in [0.717, 1.165) is 69.0 Å². The maximum absolute atomic E-state index is 13.2. The summed E-state index contributed by atoms with van der Waals surface area (Å²) in [6.45, 7) is 4.78. The molecule has 0 radical (unpaired) electrons. The van der Waals surface area contributed by atoms with Crippen molar-refractivity contribution in [2.45, 2.75) is 38.4 Å². The average molecular weight is 509 g/mol. The van der Waals surface area contributed by atoms with Crippen LogP contribution in [-0.2, 0) is 17.5 Å². The molecule has 1 aromatic heterocycles. The van der Waals surface area contributed by atoms with Gasteiger partial charge in [-0.2, -0.15) is 13.2 Å². The van der Waals surface area contributed by atoms with Crippen molar-refractivity contribution in [3.05, 3.63) is 89.3 Å². The van der Waals surface area contributed by atoms with E-state index in [1.165, 1.54) is 17.8 Å². The Balaban J connectivity index is 1.22. The Labute approximate surface area is 215 Å². The van der Waals surface area contributed by atoms with Crippen molar-refractivity contribution in [2.75, 3.05) is 36.4 Å². The molecule has 5 nitrogen and oxygen atoms in total. The van der Waals surface area contributed by atoms with Crippen molar-refractivity contribution in [1.29, 1.82) is 0 Å². The summed E-state index contributed by atoms with van der Waals surface area (Å²) >= 11 is 0. The molecule has 3 aromatic rings. The van der Waals surface area contributed by atoms with Crippen LogP contribution in [0.25, 0.3) is 5.57 Å². The highest BCUT2D eigenvalue weighted by Crippen LogP contribution is 2.35. The number of carbonyl (C=O) groups is 1. The van der Waals surface area contributed by atoms with Crippen LogP contribution in [0.3, 0.4) is 0 Å². The Bertz CT molecular complexity index is 1220. The van der Waals surface area contributed by atoms with Gasteiger partial charge in [0.15, 0.2) is 0 Å². The van der Waals surface area contributed by atoms with E-state index < -0.39 is 11.7 Å². The molecule has 5 rings (SSSR count). The summed E-state index contributed by atoms with van der Waals surface area (Å²) in [6.07, 6.45) is 0.686. The minimum atomic E-state index is -4.37. The molecule has 0 saturated carbocycles. The number of hydrogen-bond donors (Lipinski definition) is 2. The summed E-state index contributed by atoms with van der Waals surface area (Å²) in [5.41, 5.74) is 4.57. The molecule has 194 valence electrons. The fourth-order valence-corrected chi connectivity index (χ4v) is 5.17. The Morgan fingerprint density at radius 2 is 1.59 bits per heavy atom. The van der Waals surface area contributed by atoms with Crippen LogP contribution in [0.2, 0.25) is 0 Å². The first-order valence-electron chi connectivity index (χ1n) is 12.8. The number of piperazine rings is 1. The molecule has 0 bridgehead atoms. The number of benzene rings is 2. The fourth-order valence-electron chi connectivity index (χ4n) is 5.17. The quantitative estimate of drug-likeness (QED) is 0.410. The zero-order valence-corrected chi connectivity index (χ0v) is 20.7. The fraction of sp³-hybridized carbons (Fsp3) is 0.345. The molecule has 37 heavy (non-hydrogen) atoms. The van der Waals surface area contributed by atoms with Crippen LogP contribution in [0.15, 0.2) is 72.4 Å². The highest BCUT2D eigenvalue weighted by Gasteiger charge is 2.30. The molecule has 2 heterocycles. The topological polar surface area (TPSA) is 51.4 Å². The number of anilines is 2. The van der Waals surface area contributed by atoms with E-state index in [-0.39, 0.29) is 5.91 Å². The summed E-state index contributed by atoms with van der Waals surface area (Å²) in [5.74, 6) is -0.180. The predicted octanol–water partition coefficient (Wildman–Crippen LogP) is 6.32. The van der Waals surface area contributed by atoms with Crippen LogP contribution in [0, 0.1) is 0 Å². The van der Waals surface area contributed by atoms with Crippen LogP contribution in [0.4, 0.5) is 24.5 Å². The lowest BCUT2D eigenvalue weighted by molar-refractivity contribution is -0.137. The largest absolute Gasteiger partial charge is 0.416 e. The molecular formula is C29H31F3N4O. The molecule has 8 heteroatoms. The summed E-state index contributed by atoms with van der Waals surface area (Å²) in [5, 5.41) is 3.00. The Kier molecular flexibility index (Phi) is 7.37. The van der Waals surface area contributed by atoms with Crippen LogP contribution >= 0.6 is 0 Å². The molecular weight excluding hydrogens is 477 g/mol. The predicted molar refractivity (Wildman–Crippen MR) is 140 cm³/mol. The van der Waals surface area contributed by atoms with E-state index in [1.807, 2.05) is 36.5 Å². The smallest absolute Gasteiger partial charge is 0.369 e. The van der Waals surface area contributed by atoms with Crippen LogP contribution < -0.4 is 10.2 Å². The standard InChI is InChI=1S/C29H31F3N4O/c30-29(31,32)22-9-7-21(8-10-22)26-5-1-2-6-27(26)28(37)34-23-11-13-25(14-12-23)36-18-16-35(17-19-36)20-24-4-3-15-33-24/h3-4,7-15,33H,1-2,5-6,16-20H2,(H,34,37). The number of H-pyrrole nitrogens is 1. The van der Waals surface area contributed by atoms with E-state index >= 15 is 0 Å². The molecule has 2 N–H and O–H groups in total. The summed E-state index contributed by atoms with van der Waals surface area (Å²) in [4.78, 5) is 21.2. The van der Waals surface area contributed by atoms with Gasteiger partial charge in [0.2, 0.25) is 0 Å². The molecule has 1 saturated heterocycles. The maximum Gasteiger partial charge on any atom is 0.416 e. The minimum Gasteiger partial charge on any atom is -0.369 e. The number of halogens is 3. The van der Waals surface area contributed by atoms with Crippen molar-refractivity contribution in [3.63, 3.8) is 0 Å². The van der Waals surface area contributed by atoms with E-state index in [0.29, 0.717) is 29.7 Å². The highest BCUT2D eigenvalue weighted by atomic mass is 19.4. The van der Waals surface area contributed by atoms with E-state index in [2.05, 4.69) is 26.2 Å². The number of rotatable bonds is 6. The van der Waals surface area contributed by atoms with Gasteiger partial charge in [-0.3, -0.25) is 9.69 Å². The second-order valence-electron chi connectivity index (χ2n) is 9.70. The van der Waals surface area contributed by atoms with Gasteiger partial charge in [-0.25, -0.2) is 0 Å². The van der Waals surface area contributed by atoms with Crippen LogP contribution in [-0.4, -0.2) is 42.0 Å². The van der Waals surface area contributed by atoms with E-state index in [9.17, 15) is 18.0 Å². The third kappa shape index (κ3) is 6.07. The van der Waals surface area contributed by atoms with Gasteiger partial charge in [-0.1, -0.05) is 12.1 Å². The number of aromatic amines is 1. The number of allylic oxidation sites excluding steroid dienone is 1. The molecule has 1 fully saturated rings. The number of nitrogens with zero attached hydrogens (tertiary/aromatic N) is 2. The van der Waals surface area contributed by atoms with Crippen molar-refractivity contribution < 1.29 is 18.0 Å². The summed E-state index contributed by atoms with van der Waals surface area (Å²) in [7, 11) is 0. The lowest BCUT2D eigenvalue weighted by atomic mass is 9.86. The molecule has 0 unspecified atom stereocenters. The van der Waals surface area contributed by atoms with E-state index in [4.69, 9.17) is 0 Å². The normalized spacial score (nSPS) is 17.2. The molecule has 1 aliphatic heterocycles.